The van der Waals surface area contributed by atoms with Crippen LogP contribution < -0.4 is 15.4 Å². The van der Waals surface area contributed by atoms with Crippen LogP contribution in [0.5, 0.6) is 5.75 Å². The average Bonchev–Trinajstić information content (AvgIpc) is 3.49. The van der Waals surface area contributed by atoms with Gasteiger partial charge in [0.15, 0.2) is 5.01 Å². The number of aryl methyl sites for hydroxylation is 1. The van der Waals surface area contributed by atoms with E-state index in [-0.39, 0.29) is 29.5 Å². The van der Waals surface area contributed by atoms with Gasteiger partial charge in [-0.25, -0.2) is 0 Å². The number of hydrogen-bond acceptors (Lipinski definition) is 7. The van der Waals surface area contributed by atoms with E-state index in [1.165, 1.54) is 11.3 Å². The number of aromatic nitrogens is 2. The van der Waals surface area contributed by atoms with Crippen LogP contribution in [0.25, 0.3) is 0 Å². The smallest absolute Gasteiger partial charge is 0.286 e. The Morgan fingerprint density at radius 1 is 1.16 bits per heavy atom. The van der Waals surface area contributed by atoms with Crippen LogP contribution in [0, 0.1) is 6.92 Å². The van der Waals surface area contributed by atoms with Gasteiger partial charge in [0.2, 0.25) is 5.01 Å². The molecule has 0 radical (unpaired) electrons. The Hall–Kier alpha value is -3.30. The Bertz CT molecular complexity index is 1090. The number of carbonyl (C=O) groups is 2. The topological polar surface area (TPSA) is 102 Å². The van der Waals surface area contributed by atoms with Crippen molar-refractivity contribution in [1.29, 1.82) is 0 Å². The molecule has 1 aliphatic heterocycles. The molecule has 1 saturated heterocycles. The standard InChI is InChI=1S/C23H24N4O4S/c1-15-6-2-3-10-19(15)31-14-20-26-27-23(32-20)22(29)25-17-8-4-7-16(12-17)21(28)24-13-18-9-5-11-30-18/h2-4,6-8,10,12,18H,5,9,11,13-14H2,1H3,(H,24,28)(H,25,29)/t18-/m0/s1. The first kappa shape index (κ1) is 21.9. The lowest BCUT2D eigenvalue weighted by molar-refractivity contribution is 0.0857. The number of nitrogens with zero attached hydrogens (tertiary/aromatic N) is 2. The van der Waals surface area contributed by atoms with Gasteiger partial charge < -0.3 is 20.1 Å². The number of benzene rings is 2. The van der Waals surface area contributed by atoms with Gasteiger partial charge in [0.25, 0.3) is 11.8 Å². The van der Waals surface area contributed by atoms with Crippen LogP contribution in [-0.2, 0) is 11.3 Å². The highest BCUT2D eigenvalue weighted by Gasteiger charge is 2.18. The van der Waals surface area contributed by atoms with E-state index in [0.717, 1.165) is 30.8 Å². The van der Waals surface area contributed by atoms with Crippen molar-refractivity contribution in [3.05, 3.63) is 69.7 Å². The molecule has 1 fully saturated rings. The fraction of sp³-hybridized carbons (Fsp3) is 0.304. The van der Waals surface area contributed by atoms with Crippen molar-refractivity contribution in [2.24, 2.45) is 0 Å². The van der Waals surface area contributed by atoms with E-state index in [4.69, 9.17) is 9.47 Å². The average molecular weight is 453 g/mol. The molecule has 166 valence electrons. The molecule has 2 aromatic carbocycles. The fourth-order valence-corrected chi connectivity index (χ4v) is 3.95. The molecule has 8 nitrogen and oxygen atoms in total. The number of para-hydroxylation sites is 1. The van der Waals surface area contributed by atoms with E-state index in [2.05, 4.69) is 20.8 Å². The van der Waals surface area contributed by atoms with E-state index in [0.29, 0.717) is 22.8 Å². The van der Waals surface area contributed by atoms with Gasteiger partial charge >= 0.3 is 0 Å². The maximum atomic E-state index is 12.6. The first-order valence-electron chi connectivity index (χ1n) is 10.4. The van der Waals surface area contributed by atoms with E-state index >= 15 is 0 Å². The third-order valence-electron chi connectivity index (χ3n) is 5.00. The van der Waals surface area contributed by atoms with Gasteiger partial charge in [-0.3, -0.25) is 9.59 Å². The quantitative estimate of drug-likeness (QED) is 0.542. The largest absolute Gasteiger partial charge is 0.486 e. The molecule has 0 unspecified atom stereocenters. The third-order valence-corrected chi connectivity index (χ3v) is 5.90. The molecule has 2 heterocycles. The summed E-state index contributed by atoms with van der Waals surface area (Å²) in [7, 11) is 0. The highest BCUT2D eigenvalue weighted by atomic mass is 32.1. The number of ether oxygens (including phenoxy) is 2. The zero-order valence-electron chi connectivity index (χ0n) is 17.7. The molecular formula is C23H24N4O4S. The van der Waals surface area contributed by atoms with Crippen LogP contribution in [0.3, 0.4) is 0 Å². The van der Waals surface area contributed by atoms with Crippen LogP contribution in [0.2, 0.25) is 0 Å². The maximum Gasteiger partial charge on any atom is 0.286 e. The predicted molar refractivity (Wildman–Crippen MR) is 121 cm³/mol. The molecule has 32 heavy (non-hydrogen) atoms. The molecule has 9 heteroatoms. The lowest BCUT2D eigenvalue weighted by Crippen LogP contribution is -2.31. The third kappa shape index (κ3) is 5.68. The molecule has 1 atom stereocenters. The first-order valence-corrected chi connectivity index (χ1v) is 11.2. The van der Waals surface area contributed by atoms with Gasteiger partial charge in [0, 0.05) is 24.4 Å². The molecule has 2 N–H and O–H groups in total. The summed E-state index contributed by atoms with van der Waals surface area (Å²) in [5, 5.41) is 14.5. The van der Waals surface area contributed by atoms with Gasteiger partial charge in [-0.1, -0.05) is 35.6 Å². The van der Waals surface area contributed by atoms with Gasteiger partial charge in [-0.2, -0.15) is 0 Å². The Labute approximate surface area is 190 Å². The SMILES string of the molecule is Cc1ccccc1OCc1nnc(C(=O)Nc2cccc(C(=O)NC[C@@H]3CCCO3)c2)s1. The highest BCUT2D eigenvalue weighted by Crippen LogP contribution is 2.20. The van der Waals surface area contributed by atoms with E-state index in [1.54, 1.807) is 24.3 Å². The van der Waals surface area contributed by atoms with Crippen LogP contribution >= 0.6 is 11.3 Å². The van der Waals surface area contributed by atoms with Crippen molar-refractivity contribution < 1.29 is 19.1 Å². The Morgan fingerprint density at radius 2 is 2.03 bits per heavy atom. The van der Waals surface area contributed by atoms with Crippen LogP contribution in [0.15, 0.2) is 48.5 Å². The van der Waals surface area contributed by atoms with Crippen molar-refractivity contribution in [3.8, 4) is 5.75 Å². The second-order valence-corrected chi connectivity index (χ2v) is 8.50. The maximum absolute atomic E-state index is 12.6. The zero-order valence-corrected chi connectivity index (χ0v) is 18.5. The summed E-state index contributed by atoms with van der Waals surface area (Å²) in [4.78, 5) is 25.0. The molecule has 1 aromatic heterocycles. The van der Waals surface area contributed by atoms with Crippen molar-refractivity contribution in [2.75, 3.05) is 18.5 Å². The van der Waals surface area contributed by atoms with Crippen molar-refractivity contribution in [1.82, 2.24) is 15.5 Å². The monoisotopic (exact) mass is 452 g/mol. The normalized spacial score (nSPS) is 15.3. The van der Waals surface area contributed by atoms with Gasteiger partial charge in [0.05, 0.1) is 6.10 Å². The van der Waals surface area contributed by atoms with Crippen molar-refractivity contribution >= 4 is 28.8 Å². The summed E-state index contributed by atoms with van der Waals surface area (Å²) in [5.41, 5.74) is 1.99. The van der Waals surface area contributed by atoms with Crippen LogP contribution in [-0.4, -0.2) is 41.3 Å². The van der Waals surface area contributed by atoms with Crippen molar-refractivity contribution in [2.45, 2.75) is 32.5 Å². The molecule has 3 aromatic rings. The Kier molecular flexibility index (Phi) is 7.08. The summed E-state index contributed by atoms with van der Waals surface area (Å²) in [6.45, 7) is 3.42. The zero-order chi connectivity index (χ0) is 22.3. The summed E-state index contributed by atoms with van der Waals surface area (Å²) >= 11 is 1.17. The number of anilines is 1. The van der Waals surface area contributed by atoms with Crippen LogP contribution in [0.4, 0.5) is 5.69 Å². The van der Waals surface area contributed by atoms with Crippen molar-refractivity contribution in [3.63, 3.8) is 0 Å². The van der Waals surface area contributed by atoms with Crippen LogP contribution in [0.1, 0.15) is 43.6 Å². The minimum atomic E-state index is -0.387. The van der Waals surface area contributed by atoms with Gasteiger partial charge in [-0.05, 0) is 49.6 Å². The minimum absolute atomic E-state index is 0.0724. The fourth-order valence-electron chi connectivity index (χ4n) is 3.30. The van der Waals surface area contributed by atoms with Gasteiger partial charge in [0.1, 0.15) is 12.4 Å². The molecule has 0 aliphatic carbocycles. The highest BCUT2D eigenvalue weighted by molar-refractivity contribution is 7.13. The summed E-state index contributed by atoms with van der Waals surface area (Å²) in [6, 6.07) is 14.5. The number of nitrogens with one attached hydrogen (secondary N) is 2. The second-order valence-electron chi connectivity index (χ2n) is 7.44. The number of carbonyl (C=O) groups excluding carboxylic acids is 2. The molecule has 0 spiro atoms. The van der Waals surface area contributed by atoms with E-state index in [9.17, 15) is 9.59 Å². The van der Waals surface area contributed by atoms with E-state index < -0.39 is 0 Å². The predicted octanol–water partition coefficient (Wildman–Crippen LogP) is 3.59. The first-order chi connectivity index (χ1) is 15.6. The van der Waals surface area contributed by atoms with Gasteiger partial charge in [-0.15, -0.1) is 10.2 Å². The number of rotatable bonds is 8. The molecule has 2 amide bonds. The Balaban J connectivity index is 1.32. The summed E-state index contributed by atoms with van der Waals surface area (Å²) in [6.07, 6.45) is 2.05. The lowest BCUT2D eigenvalue weighted by Gasteiger charge is -2.11. The molecule has 0 saturated carbocycles. The second kappa shape index (κ2) is 10.3. The summed E-state index contributed by atoms with van der Waals surface area (Å²) in [5.74, 6) is 0.174. The Morgan fingerprint density at radius 3 is 2.84 bits per heavy atom. The lowest BCUT2D eigenvalue weighted by atomic mass is 10.1. The molecule has 0 bridgehead atoms. The van der Waals surface area contributed by atoms with E-state index in [1.807, 2.05) is 31.2 Å². The summed E-state index contributed by atoms with van der Waals surface area (Å²) < 4.78 is 11.3. The molecular weight excluding hydrogens is 428 g/mol. The molecule has 1 aliphatic rings. The number of hydrogen-bond donors (Lipinski definition) is 2. The molecule has 4 rings (SSSR count). The minimum Gasteiger partial charge on any atom is -0.486 e. The number of amides is 2.